The molecule has 2 aliphatic heterocycles. The Labute approximate surface area is 184 Å². The quantitative estimate of drug-likeness (QED) is 0.686. The topological polar surface area (TPSA) is 67.4 Å². The predicted molar refractivity (Wildman–Crippen MR) is 112 cm³/mol. The lowest BCUT2D eigenvalue weighted by molar-refractivity contribution is -0.171. The second-order valence-electron chi connectivity index (χ2n) is 8.31. The Hall–Kier alpha value is -2.87. The summed E-state index contributed by atoms with van der Waals surface area (Å²) in [7, 11) is 0. The van der Waals surface area contributed by atoms with Crippen LogP contribution >= 0.6 is 0 Å². The molecular formula is C24H25F3N2O3. The van der Waals surface area contributed by atoms with Crippen LogP contribution in [-0.2, 0) is 14.3 Å². The fourth-order valence-electron chi connectivity index (χ4n) is 4.31. The highest BCUT2D eigenvalue weighted by atomic mass is 19.4. The minimum absolute atomic E-state index is 0.149. The van der Waals surface area contributed by atoms with Crippen molar-refractivity contribution in [2.45, 2.75) is 43.4 Å². The third kappa shape index (κ3) is 4.96. The lowest BCUT2D eigenvalue weighted by Gasteiger charge is -2.31. The molecule has 0 aliphatic carbocycles. The van der Waals surface area contributed by atoms with E-state index < -0.39 is 36.0 Å². The molecule has 4 atom stereocenters. The second kappa shape index (κ2) is 9.32. The van der Waals surface area contributed by atoms with Crippen molar-refractivity contribution < 1.29 is 27.5 Å². The van der Waals surface area contributed by atoms with Crippen molar-refractivity contribution in [2.24, 2.45) is 5.92 Å². The van der Waals surface area contributed by atoms with Crippen LogP contribution in [0.25, 0.3) is 0 Å². The van der Waals surface area contributed by atoms with Crippen LogP contribution in [0.3, 0.4) is 0 Å². The van der Waals surface area contributed by atoms with Crippen LogP contribution in [0.1, 0.15) is 47.9 Å². The van der Waals surface area contributed by atoms with Crippen LogP contribution in [0.15, 0.2) is 54.6 Å². The average Bonchev–Trinajstić information content (AvgIpc) is 3.32. The SMILES string of the molecule is O=C(NC(c1ccccc1)c1ccc(C2CCOC2)cc1)C1CCC(C(F)(F)F)NC1=O. The van der Waals surface area contributed by atoms with Gasteiger partial charge in [0, 0.05) is 12.5 Å². The van der Waals surface area contributed by atoms with Gasteiger partial charge in [-0.2, -0.15) is 13.2 Å². The van der Waals surface area contributed by atoms with Crippen molar-refractivity contribution in [2.75, 3.05) is 13.2 Å². The lowest BCUT2D eigenvalue weighted by atomic mass is 9.90. The van der Waals surface area contributed by atoms with Crippen molar-refractivity contribution in [3.05, 3.63) is 71.3 Å². The molecule has 0 radical (unpaired) electrons. The average molecular weight is 446 g/mol. The number of rotatable bonds is 5. The van der Waals surface area contributed by atoms with Crippen LogP contribution in [0.5, 0.6) is 0 Å². The summed E-state index contributed by atoms with van der Waals surface area (Å²) in [5.74, 6) is -2.28. The number of hydrogen-bond donors (Lipinski definition) is 2. The molecule has 0 saturated carbocycles. The summed E-state index contributed by atoms with van der Waals surface area (Å²) in [6.07, 6.45) is -4.02. The molecular weight excluding hydrogens is 421 g/mol. The fourth-order valence-corrected chi connectivity index (χ4v) is 4.31. The van der Waals surface area contributed by atoms with Crippen molar-refractivity contribution in [1.82, 2.24) is 10.6 Å². The van der Waals surface area contributed by atoms with E-state index in [4.69, 9.17) is 4.74 Å². The van der Waals surface area contributed by atoms with Gasteiger partial charge in [-0.15, -0.1) is 0 Å². The Morgan fingerprint density at radius 1 is 1.00 bits per heavy atom. The minimum atomic E-state index is -4.52. The first kappa shape index (κ1) is 22.3. The van der Waals surface area contributed by atoms with Crippen LogP contribution in [-0.4, -0.2) is 37.2 Å². The van der Waals surface area contributed by atoms with Gasteiger partial charge in [0.1, 0.15) is 12.0 Å². The van der Waals surface area contributed by atoms with Crippen molar-refractivity contribution in [1.29, 1.82) is 0 Å². The van der Waals surface area contributed by atoms with Gasteiger partial charge >= 0.3 is 6.18 Å². The number of halogens is 3. The Morgan fingerprint density at radius 3 is 2.28 bits per heavy atom. The summed E-state index contributed by atoms with van der Waals surface area (Å²) in [5, 5.41) is 4.83. The molecule has 170 valence electrons. The number of hydrogen-bond acceptors (Lipinski definition) is 3. The molecule has 32 heavy (non-hydrogen) atoms. The molecule has 5 nitrogen and oxygen atoms in total. The fraction of sp³-hybridized carbons (Fsp3) is 0.417. The van der Waals surface area contributed by atoms with Crippen molar-refractivity contribution >= 4 is 11.8 Å². The van der Waals surface area contributed by atoms with Gasteiger partial charge in [0.05, 0.1) is 12.6 Å². The van der Waals surface area contributed by atoms with E-state index in [1.807, 2.05) is 59.9 Å². The Morgan fingerprint density at radius 2 is 1.69 bits per heavy atom. The molecule has 0 bridgehead atoms. The van der Waals surface area contributed by atoms with Crippen LogP contribution < -0.4 is 10.6 Å². The monoisotopic (exact) mass is 446 g/mol. The van der Waals surface area contributed by atoms with Gasteiger partial charge in [-0.25, -0.2) is 0 Å². The highest BCUT2D eigenvalue weighted by Gasteiger charge is 2.46. The number of ether oxygens (including phenoxy) is 1. The summed E-state index contributed by atoms with van der Waals surface area (Å²) >= 11 is 0. The maximum Gasteiger partial charge on any atom is 0.408 e. The largest absolute Gasteiger partial charge is 0.408 e. The van der Waals surface area contributed by atoms with Gasteiger partial charge in [-0.3, -0.25) is 9.59 Å². The molecule has 0 spiro atoms. The van der Waals surface area contributed by atoms with Gasteiger partial charge < -0.3 is 15.4 Å². The summed E-state index contributed by atoms with van der Waals surface area (Å²) < 4.78 is 44.2. The number of carbonyl (C=O) groups is 2. The van der Waals surface area contributed by atoms with Gasteiger partial charge in [-0.1, -0.05) is 54.6 Å². The normalized spacial score (nSPS) is 24.6. The van der Waals surface area contributed by atoms with Crippen LogP contribution in [0.4, 0.5) is 13.2 Å². The first-order chi connectivity index (χ1) is 15.3. The summed E-state index contributed by atoms with van der Waals surface area (Å²) in [4.78, 5) is 25.2. The molecule has 8 heteroatoms. The summed E-state index contributed by atoms with van der Waals surface area (Å²) in [5.41, 5.74) is 2.81. The van der Waals surface area contributed by atoms with E-state index >= 15 is 0 Å². The number of amides is 2. The third-order valence-corrected chi connectivity index (χ3v) is 6.18. The van der Waals surface area contributed by atoms with Crippen molar-refractivity contribution in [3.8, 4) is 0 Å². The van der Waals surface area contributed by atoms with Gasteiger partial charge in [0.25, 0.3) is 0 Å². The highest BCUT2D eigenvalue weighted by Crippen LogP contribution is 2.31. The third-order valence-electron chi connectivity index (χ3n) is 6.18. The number of carbonyl (C=O) groups excluding carboxylic acids is 2. The molecule has 2 amide bonds. The first-order valence-electron chi connectivity index (χ1n) is 10.7. The minimum Gasteiger partial charge on any atom is -0.381 e. The molecule has 4 unspecified atom stereocenters. The molecule has 2 heterocycles. The van der Waals surface area contributed by atoms with Gasteiger partial charge in [0.2, 0.25) is 11.8 Å². The zero-order valence-electron chi connectivity index (χ0n) is 17.4. The molecule has 2 aliphatic rings. The standard InChI is InChI=1S/C24H25F3N2O3/c25-24(26,27)20-11-10-19(22(30)28-20)23(31)29-21(16-4-2-1-3-5-16)17-8-6-15(7-9-17)18-12-13-32-14-18/h1-9,18-21H,10-14H2,(H,28,30)(H,29,31). The van der Waals surface area contributed by atoms with E-state index in [2.05, 4.69) is 5.32 Å². The number of nitrogens with one attached hydrogen (secondary N) is 2. The van der Waals surface area contributed by atoms with E-state index in [0.29, 0.717) is 12.5 Å². The summed E-state index contributed by atoms with van der Waals surface area (Å²) in [6, 6.07) is 14.8. The van der Waals surface area contributed by atoms with Crippen LogP contribution in [0.2, 0.25) is 0 Å². The van der Waals surface area contributed by atoms with Crippen molar-refractivity contribution in [3.63, 3.8) is 0 Å². The van der Waals surface area contributed by atoms with Gasteiger partial charge in [0.15, 0.2) is 0 Å². The number of alkyl halides is 3. The van der Waals surface area contributed by atoms with E-state index in [1.165, 1.54) is 0 Å². The number of piperidine rings is 1. The maximum atomic E-state index is 12.9. The van der Waals surface area contributed by atoms with E-state index in [9.17, 15) is 22.8 Å². The Bertz CT molecular complexity index is 941. The smallest absolute Gasteiger partial charge is 0.381 e. The maximum absolute atomic E-state index is 12.9. The Balaban J connectivity index is 1.52. The van der Waals surface area contributed by atoms with Gasteiger partial charge in [-0.05, 0) is 36.0 Å². The molecule has 2 N–H and O–H groups in total. The molecule has 4 rings (SSSR count). The molecule has 2 aromatic carbocycles. The second-order valence-corrected chi connectivity index (χ2v) is 8.31. The van der Waals surface area contributed by atoms with Crippen LogP contribution in [0, 0.1) is 5.92 Å². The number of benzene rings is 2. The molecule has 2 fully saturated rings. The molecule has 0 aromatic heterocycles. The Kier molecular flexibility index (Phi) is 6.50. The van der Waals surface area contributed by atoms with E-state index in [0.717, 1.165) is 29.7 Å². The zero-order valence-corrected chi connectivity index (χ0v) is 17.4. The van der Waals surface area contributed by atoms with E-state index in [1.54, 1.807) is 0 Å². The zero-order chi connectivity index (χ0) is 22.7. The van der Waals surface area contributed by atoms with E-state index in [-0.39, 0.29) is 12.8 Å². The first-order valence-corrected chi connectivity index (χ1v) is 10.7. The molecule has 2 aromatic rings. The lowest BCUT2D eigenvalue weighted by Crippen LogP contribution is -2.54. The molecule has 2 saturated heterocycles. The predicted octanol–water partition coefficient (Wildman–Crippen LogP) is 3.85. The summed E-state index contributed by atoms with van der Waals surface area (Å²) in [6.45, 7) is 1.43. The highest BCUT2D eigenvalue weighted by molar-refractivity contribution is 6.01.